The van der Waals surface area contributed by atoms with E-state index in [1.807, 2.05) is 24.8 Å². The van der Waals surface area contributed by atoms with Gasteiger partial charge in [-0.15, -0.1) is 0 Å². The fourth-order valence-electron chi connectivity index (χ4n) is 7.23. The van der Waals surface area contributed by atoms with E-state index in [-0.39, 0.29) is 39.8 Å². The number of aryl methyl sites for hydroxylation is 1. The van der Waals surface area contributed by atoms with E-state index in [1.165, 1.54) is 13.2 Å². The van der Waals surface area contributed by atoms with Gasteiger partial charge in [0.1, 0.15) is 37.7 Å². The largest absolute Gasteiger partial charge is 0.493 e. The van der Waals surface area contributed by atoms with Gasteiger partial charge in [0.25, 0.3) is 0 Å². The molecular weight excluding hydrogens is 610 g/mol. The highest BCUT2D eigenvalue weighted by molar-refractivity contribution is 5.82. The number of cyclic esters (lactones) is 1. The van der Waals surface area contributed by atoms with Crippen molar-refractivity contribution in [1.82, 2.24) is 9.80 Å². The lowest BCUT2D eigenvalue weighted by atomic mass is 9.75. The van der Waals surface area contributed by atoms with Crippen LogP contribution in [0.25, 0.3) is 0 Å². The van der Waals surface area contributed by atoms with Crippen LogP contribution in [0.4, 0.5) is 4.79 Å². The molecule has 2 aromatic rings. The van der Waals surface area contributed by atoms with Crippen molar-refractivity contribution in [3.8, 4) is 34.8 Å². The van der Waals surface area contributed by atoms with Crippen molar-refractivity contribution in [3.05, 3.63) is 65.3 Å². The van der Waals surface area contributed by atoms with Crippen molar-refractivity contribution >= 4 is 12.1 Å². The minimum atomic E-state index is -1.11. The predicted molar refractivity (Wildman–Crippen MR) is 166 cm³/mol. The quantitative estimate of drug-likeness (QED) is 0.209. The molecule has 0 aliphatic carbocycles. The van der Waals surface area contributed by atoms with Crippen molar-refractivity contribution in [2.75, 3.05) is 47.6 Å². The number of nitriles is 1. The summed E-state index contributed by atoms with van der Waals surface area (Å²) in [5.74, 6) is 1.58. The Morgan fingerprint density at radius 1 is 1.06 bits per heavy atom. The van der Waals surface area contributed by atoms with E-state index >= 15 is 0 Å². The highest BCUT2D eigenvalue weighted by Crippen LogP contribution is 2.55. The van der Waals surface area contributed by atoms with Crippen LogP contribution in [0.5, 0.6) is 28.7 Å². The molecule has 0 unspecified atom stereocenters. The van der Waals surface area contributed by atoms with Gasteiger partial charge in [0.15, 0.2) is 29.8 Å². The number of nitrogens with zero attached hydrogens (tertiary/aromatic N) is 3. The van der Waals surface area contributed by atoms with E-state index in [9.17, 15) is 14.9 Å². The Morgan fingerprint density at radius 2 is 1.83 bits per heavy atom. The van der Waals surface area contributed by atoms with Gasteiger partial charge < -0.3 is 37.9 Å². The monoisotopic (exact) mass is 647 g/mol. The third-order valence-corrected chi connectivity index (χ3v) is 8.99. The number of carbonyl (C=O) groups is 2. The van der Waals surface area contributed by atoms with Crippen LogP contribution in [0.15, 0.2) is 37.4 Å². The lowest BCUT2D eigenvalue weighted by Gasteiger charge is -2.58. The van der Waals surface area contributed by atoms with Crippen LogP contribution in [-0.2, 0) is 25.4 Å². The topological polar surface area (TPSA) is 138 Å². The Bertz CT molecular complexity index is 1650. The van der Waals surface area contributed by atoms with Crippen molar-refractivity contribution in [1.29, 1.82) is 5.26 Å². The minimum Gasteiger partial charge on any atom is -0.493 e. The van der Waals surface area contributed by atoms with Crippen molar-refractivity contribution < 1.29 is 47.5 Å². The van der Waals surface area contributed by atoms with Gasteiger partial charge in [-0.05, 0) is 37.5 Å². The first-order valence-electron chi connectivity index (χ1n) is 15.2. The molecule has 47 heavy (non-hydrogen) atoms. The second-order valence-electron chi connectivity index (χ2n) is 11.5. The van der Waals surface area contributed by atoms with Gasteiger partial charge in [-0.1, -0.05) is 31.4 Å². The molecule has 5 atom stereocenters. The van der Waals surface area contributed by atoms with E-state index in [2.05, 4.69) is 19.2 Å². The maximum atomic E-state index is 13.9. The zero-order chi connectivity index (χ0) is 33.4. The molecule has 4 aliphatic rings. The summed E-state index contributed by atoms with van der Waals surface area (Å²) >= 11 is 0. The second kappa shape index (κ2) is 13.1. The molecule has 6 rings (SSSR count). The number of fused-ring (bicyclic) bond motifs is 7. The molecule has 2 aromatic carbocycles. The second-order valence-corrected chi connectivity index (χ2v) is 11.5. The number of rotatable bonds is 10. The summed E-state index contributed by atoms with van der Waals surface area (Å²) in [6.45, 7) is 11.1. The third kappa shape index (κ3) is 5.17. The maximum Gasteiger partial charge on any atom is 0.411 e. The SMILES string of the molecule is C=CCOC(=O)N1[C@@H]2Cc3cc(C)c(OC)c(OCC=C)c3[C@@H]1[C@@H]1COC(=O)[C@H](c3cc(OCOC)c(C)c4c3OCO4)N1[C@@H]2C#N. The Morgan fingerprint density at radius 3 is 2.53 bits per heavy atom. The summed E-state index contributed by atoms with van der Waals surface area (Å²) in [7, 11) is 3.06. The van der Waals surface area contributed by atoms with E-state index in [4.69, 9.17) is 37.9 Å². The van der Waals surface area contributed by atoms with Gasteiger partial charge >= 0.3 is 12.1 Å². The first kappa shape index (κ1) is 32.0. The Kier molecular flexibility index (Phi) is 8.90. The Balaban J connectivity index is 1.57. The maximum absolute atomic E-state index is 13.9. The van der Waals surface area contributed by atoms with Crippen LogP contribution in [0, 0.1) is 25.2 Å². The summed E-state index contributed by atoms with van der Waals surface area (Å²) in [6, 6.07) is 1.86. The number of ether oxygens (including phenoxy) is 8. The van der Waals surface area contributed by atoms with Crippen molar-refractivity contribution in [2.45, 2.75) is 50.5 Å². The lowest BCUT2D eigenvalue weighted by Crippen LogP contribution is -2.71. The first-order chi connectivity index (χ1) is 22.8. The molecule has 0 radical (unpaired) electrons. The molecule has 13 heteroatoms. The molecule has 0 saturated carbocycles. The summed E-state index contributed by atoms with van der Waals surface area (Å²) < 4.78 is 46.3. The van der Waals surface area contributed by atoms with Gasteiger partial charge in [-0.2, -0.15) is 5.26 Å². The van der Waals surface area contributed by atoms with Crippen LogP contribution in [0.1, 0.15) is 39.9 Å². The number of piperazine rings is 1. The van der Waals surface area contributed by atoms with Gasteiger partial charge in [0.05, 0.1) is 31.3 Å². The number of carbonyl (C=O) groups excluding carboxylic acids is 2. The number of methoxy groups -OCH3 is 2. The molecule has 1 amide bonds. The highest BCUT2D eigenvalue weighted by atomic mass is 16.7. The molecule has 4 heterocycles. The number of amides is 1. The van der Waals surface area contributed by atoms with Crippen LogP contribution in [-0.4, -0.2) is 87.6 Å². The average molecular weight is 648 g/mol. The van der Waals surface area contributed by atoms with Gasteiger partial charge in [0, 0.05) is 23.8 Å². The Hall–Kier alpha value is -4.93. The van der Waals surface area contributed by atoms with Crippen LogP contribution < -0.4 is 23.7 Å². The number of hydrogen-bond donors (Lipinski definition) is 0. The molecule has 248 valence electrons. The Labute approximate surface area is 272 Å². The molecule has 13 nitrogen and oxygen atoms in total. The predicted octanol–water partition coefficient (Wildman–Crippen LogP) is 4.05. The van der Waals surface area contributed by atoms with E-state index in [0.29, 0.717) is 45.4 Å². The first-order valence-corrected chi connectivity index (χ1v) is 15.2. The summed E-state index contributed by atoms with van der Waals surface area (Å²) in [5.41, 5.74) is 3.49. The zero-order valence-electron chi connectivity index (χ0n) is 26.8. The average Bonchev–Trinajstić information content (AvgIpc) is 3.56. The molecule has 0 aromatic heterocycles. The minimum absolute atomic E-state index is 0.0288. The van der Waals surface area contributed by atoms with Crippen molar-refractivity contribution in [2.24, 2.45) is 0 Å². The molecule has 2 bridgehead atoms. The molecule has 2 saturated heterocycles. The van der Waals surface area contributed by atoms with Crippen LogP contribution >= 0.6 is 0 Å². The number of esters is 1. The van der Waals surface area contributed by atoms with Gasteiger partial charge in [-0.25, -0.2) is 9.59 Å². The van der Waals surface area contributed by atoms with Gasteiger partial charge in [-0.3, -0.25) is 9.80 Å². The number of hydrogen-bond acceptors (Lipinski definition) is 12. The summed E-state index contributed by atoms with van der Waals surface area (Å²) in [6.07, 6.45) is 2.75. The standard InChI is InChI=1S/C34H37N3O10/c1-7-9-42-32-26-20(11-18(3)29(32)41-6)12-22-23(14-35)36-24(28(26)37(22)34(39)43-10-8-2)15-44-33(38)27(36)21-13-25(45-16-40-5)19(4)30-31(21)47-17-46-30/h7-8,11,13,22-24,27-28H,1-2,9-10,12,15-17H2,3-6H3/t22-,23-,24+,27+,28+/m1/s1. The van der Waals surface area contributed by atoms with Crippen LogP contribution in [0.2, 0.25) is 0 Å². The van der Waals surface area contributed by atoms with E-state index in [1.54, 1.807) is 24.2 Å². The smallest absolute Gasteiger partial charge is 0.411 e. The molecular formula is C34H37N3O10. The summed E-state index contributed by atoms with van der Waals surface area (Å²) in [4.78, 5) is 31.2. The molecule has 2 fully saturated rings. The van der Waals surface area contributed by atoms with Gasteiger partial charge in [0.2, 0.25) is 6.79 Å². The summed E-state index contributed by atoms with van der Waals surface area (Å²) in [5, 5.41) is 10.8. The third-order valence-electron chi connectivity index (χ3n) is 8.99. The highest BCUT2D eigenvalue weighted by Gasteiger charge is 2.60. The molecule has 4 aliphatic heterocycles. The number of benzene rings is 2. The normalized spacial score (nSPS) is 23.9. The molecule has 0 spiro atoms. The van der Waals surface area contributed by atoms with Crippen LogP contribution in [0.3, 0.4) is 0 Å². The van der Waals surface area contributed by atoms with Crippen molar-refractivity contribution in [3.63, 3.8) is 0 Å². The fraction of sp³-hybridized carbons (Fsp3) is 0.441. The molecule has 0 N–H and O–H groups in total. The van der Waals surface area contributed by atoms with E-state index in [0.717, 1.165) is 11.1 Å². The zero-order valence-corrected chi connectivity index (χ0v) is 26.8. The fourth-order valence-corrected chi connectivity index (χ4v) is 7.23. The number of morpholine rings is 1. The van der Waals surface area contributed by atoms with E-state index < -0.39 is 42.3 Å². The lowest BCUT2D eigenvalue weighted by molar-refractivity contribution is -0.179.